The quantitative estimate of drug-likeness (QED) is 0.591. The monoisotopic (exact) mass is 246 g/mol. The topological polar surface area (TPSA) is 99.4 Å². The van der Waals surface area contributed by atoms with Gasteiger partial charge in [0.25, 0.3) is 0 Å². The number of anilines is 1. The lowest BCUT2D eigenvalue weighted by Gasteiger charge is -2.08. The van der Waals surface area contributed by atoms with Crippen molar-refractivity contribution in [1.82, 2.24) is 15.3 Å². The van der Waals surface area contributed by atoms with Gasteiger partial charge in [0.05, 0.1) is 0 Å². The number of nitrogens with one attached hydrogen (secondary N) is 1. The lowest BCUT2D eigenvalue weighted by molar-refractivity contribution is 0.127. The number of nitrogens with zero attached hydrogens (tertiary/aromatic N) is 2. The van der Waals surface area contributed by atoms with Crippen molar-refractivity contribution >= 4 is 23.5 Å². The normalized spacial score (nSPS) is 9.62. The van der Waals surface area contributed by atoms with Crippen LogP contribution in [0, 0.1) is 0 Å². The second-order valence-corrected chi connectivity index (χ2v) is 2.97. The van der Waals surface area contributed by atoms with Crippen molar-refractivity contribution in [2.45, 2.75) is 0 Å². The Morgan fingerprint density at radius 2 is 2.31 bits per heavy atom. The van der Waals surface area contributed by atoms with Gasteiger partial charge in [-0.1, -0.05) is 11.6 Å². The lowest BCUT2D eigenvalue weighted by atomic mass is 10.5. The summed E-state index contributed by atoms with van der Waals surface area (Å²) in [6.45, 7) is 0.190. The highest BCUT2D eigenvalue weighted by atomic mass is 35.5. The average Bonchev–Trinajstić information content (AvgIpc) is 2.27. The third-order valence-corrected chi connectivity index (χ3v) is 1.82. The summed E-state index contributed by atoms with van der Waals surface area (Å²) in [6.07, 6.45) is 0.693. The molecular formula is C8H11ClN4O3. The standard InChI is InChI=1S/C8H11ClN4O3/c1-11-8(14)16-3-2-15-5-6(9)12-4-13-7(5)10/h4H,2-3H2,1H3,(H,11,14)(H2,10,12,13). The lowest BCUT2D eigenvalue weighted by Crippen LogP contribution is -2.22. The van der Waals surface area contributed by atoms with Crippen LogP contribution in [-0.2, 0) is 4.74 Å². The molecule has 0 fully saturated rings. The minimum Gasteiger partial charge on any atom is -0.483 e. The maximum absolute atomic E-state index is 10.7. The van der Waals surface area contributed by atoms with E-state index in [1.165, 1.54) is 13.4 Å². The maximum Gasteiger partial charge on any atom is 0.406 e. The Bertz CT molecular complexity index is 354. The molecule has 0 spiro atoms. The van der Waals surface area contributed by atoms with Crippen LogP contribution in [0.15, 0.2) is 6.33 Å². The summed E-state index contributed by atoms with van der Waals surface area (Å²) in [6, 6.07) is 0. The van der Waals surface area contributed by atoms with Crippen molar-refractivity contribution in [1.29, 1.82) is 0 Å². The molecule has 1 aromatic heterocycles. The fraction of sp³-hybridized carbons (Fsp3) is 0.375. The van der Waals surface area contributed by atoms with E-state index in [2.05, 4.69) is 15.3 Å². The number of aromatic nitrogens is 2. The van der Waals surface area contributed by atoms with Gasteiger partial charge in [0.2, 0.25) is 0 Å². The summed E-state index contributed by atoms with van der Waals surface area (Å²) >= 11 is 5.72. The van der Waals surface area contributed by atoms with Gasteiger partial charge in [-0.25, -0.2) is 14.8 Å². The molecule has 1 rings (SSSR count). The van der Waals surface area contributed by atoms with Crippen molar-refractivity contribution < 1.29 is 14.3 Å². The number of halogens is 1. The van der Waals surface area contributed by atoms with Crippen LogP contribution in [0.1, 0.15) is 0 Å². The maximum atomic E-state index is 10.7. The third-order valence-electron chi connectivity index (χ3n) is 1.55. The number of nitrogen functional groups attached to an aromatic ring is 1. The van der Waals surface area contributed by atoms with Crippen molar-refractivity contribution in [2.75, 3.05) is 26.0 Å². The van der Waals surface area contributed by atoms with E-state index in [9.17, 15) is 4.79 Å². The summed E-state index contributed by atoms with van der Waals surface area (Å²) in [7, 11) is 1.46. The molecule has 0 saturated carbocycles. The third kappa shape index (κ3) is 3.43. The van der Waals surface area contributed by atoms with E-state index in [4.69, 9.17) is 26.8 Å². The first-order valence-corrected chi connectivity index (χ1v) is 4.76. The van der Waals surface area contributed by atoms with Crippen molar-refractivity contribution in [3.05, 3.63) is 11.5 Å². The fourth-order valence-corrected chi connectivity index (χ4v) is 1.04. The van der Waals surface area contributed by atoms with Gasteiger partial charge >= 0.3 is 6.09 Å². The summed E-state index contributed by atoms with van der Waals surface area (Å²) in [5.41, 5.74) is 5.51. The van der Waals surface area contributed by atoms with Crippen LogP contribution >= 0.6 is 11.6 Å². The first kappa shape index (κ1) is 12.3. The molecule has 0 radical (unpaired) electrons. The molecule has 0 atom stereocenters. The smallest absolute Gasteiger partial charge is 0.406 e. The fourth-order valence-electron chi connectivity index (χ4n) is 0.848. The van der Waals surface area contributed by atoms with Crippen LogP contribution < -0.4 is 15.8 Å². The number of alkyl carbamates (subject to hydrolysis) is 1. The van der Waals surface area contributed by atoms with Crippen LogP contribution in [-0.4, -0.2) is 36.3 Å². The van der Waals surface area contributed by atoms with Crippen LogP contribution in [0.3, 0.4) is 0 Å². The summed E-state index contributed by atoms with van der Waals surface area (Å²) in [4.78, 5) is 18.1. The van der Waals surface area contributed by atoms with Gasteiger partial charge in [0.15, 0.2) is 16.7 Å². The highest BCUT2D eigenvalue weighted by Gasteiger charge is 2.08. The Balaban J connectivity index is 2.40. The molecular weight excluding hydrogens is 236 g/mol. The highest BCUT2D eigenvalue weighted by Crippen LogP contribution is 2.25. The Labute approximate surface area is 96.9 Å². The number of hydrogen-bond donors (Lipinski definition) is 2. The molecule has 1 amide bonds. The molecule has 0 aliphatic heterocycles. The van der Waals surface area contributed by atoms with Crippen molar-refractivity contribution in [2.24, 2.45) is 0 Å². The van der Waals surface area contributed by atoms with Gasteiger partial charge in [0, 0.05) is 7.05 Å². The molecule has 88 valence electrons. The molecule has 0 aliphatic carbocycles. The zero-order valence-corrected chi connectivity index (χ0v) is 9.32. The molecule has 8 heteroatoms. The van der Waals surface area contributed by atoms with Crippen LogP contribution in [0.25, 0.3) is 0 Å². The predicted octanol–water partition coefficient (Wildman–Crippen LogP) is 0.447. The molecule has 0 unspecified atom stereocenters. The van der Waals surface area contributed by atoms with Gasteiger partial charge < -0.3 is 20.5 Å². The van der Waals surface area contributed by atoms with Gasteiger partial charge in [-0.05, 0) is 0 Å². The molecule has 16 heavy (non-hydrogen) atoms. The zero-order chi connectivity index (χ0) is 12.0. The number of carbonyl (C=O) groups is 1. The Morgan fingerprint density at radius 1 is 1.56 bits per heavy atom. The Kier molecular flexibility index (Phi) is 4.59. The first-order chi connectivity index (χ1) is 7.65. The molecule has 1 heterocycles. The second kappa shape index (κ2) is 5.96. The summed E-state index contributed by atoms with van der Waals surface area (Å²) < 4.78 is 9.87. The molecule has 0 saturated heterocycles. The average molecular weight is 247 g/mol. The SMILES string of the molecule is CNC(=O)OCCOc1c(N)ncnc1Cl. The van der Waals surface area contributed by atoms with E-state index in [0.29, 0.717) is 0 Å². The minimum atomic E-state index is -0.535. The van der Waals surface area contributed by atoms with E-state index >= 15 is 0 Å². The Hall–Kier alpha value is -1.76. The number of ether oxygens (including phenoxy) is 2. The van der Waals surface area contributed by atoms with E-state index in [1.54, 1.807) is 0 Å². The number of rotatable bonds is 4. The molecule has 3 N–H and O–H groups in total. The van der Waals surface area contributed by atoms with E-state index in [1.807, 2.05) is 0 Å². The highest BCUT2D eigenvalue weighted by molar-refractivity contribution is 6.31. The molecule has 0 bridgehead atoms. The molecule has 7 nitrogen and oxygen atoms in total. The van der Waals surface area contributed by atoms with E-state index < -0.39 is 6.09 Å². The zero-order valence-electron chi connectivity index (χ0n) is 8.57. The molecule has 1 aromatic rings. The summed E-state index contributed by atoms with van der Waals surface area (Å²) in [5.74, 6) is 0.324. The van der Waals surface area contributed by atoms with Gasteiger partial charge in [-0.3, -0.25) is 0 Å². The second-order valence-electron chi connectivity index (χ2n) is 2.61. The van der Waals surface area contributed by atoms with Crippen LogP contribution in [0.4, 0.5) is 10.6 Å². The van der Waals surface area contributed by atoms with Crippen LogP contribution in [0.5, 0.6) is 5.75 Å². The van der Waals surface area contributed by atoms with E-state index in [-0.39, 0.29) is 29.9 Å². The Morgan fingerprint density at radius 3 is 2.94 bits per heavy atom. The largest absolute Gasteiger partial charge is 0.483 e. The number of amides is 1. The molecule has 0 aromatic carbocycles. The minimum absolute atomic E-state index is 0.0737. The number of nitrogens with two attached hydrogens (primary N) is 1. The summed E-state index contributed by atoms with van der Waals surface area (Å²) in [5, 5.41) is 2.41. The van der Waals surface area contributed by atoms with Crippen LogP contribution in [0.2, 0.25) is 5.15 Å². The van der Waals surface area contributed by atoms with Crippen molar-refractivity contribution in [3.63, 3.8) is 0 Å². The predicted molar refractivity (Wildman–Crippen MR) is 57.4 cm³/mol. The van der Waals surface area contributed by atoms with Crippen molar-refractivity contribution in [3.8, 4) is 5.75 Å². The van der Waals surface area contributed by atoms with Gasteiger partial charge in [0.1, 0.15) is 19.5 Å². The molecule has 0 aliphatic rings. The van der Waals surface area contributed by atoms with Gasteiger partial charge in [-0.15, -0.1) is 0 Å². The van der Waals surface area contributed by atoms with Gasteiger partial charge in [-0.2, -0.15) is 0 Å². The first-order valence-electron chi connectivity index (χ1n) is 4.38. The number of hydrogen-bond acceptors (Lipinski definition) is 6. The number of carbonyl (C=O) groups excluding carboxylic acids is 1. The van der Waals surface area contributed by atoms with E-state index in [0.717, 1.165) is 0 Å².